The van der Waals surface area contributed by atoms with Gasteiger partial charge in [0.25, 0.3) is 5.91 Å². The Balaban J connectivity index is 2.21. The van der Waals surface area contributed by atoms with Gasteiger partial charge in [-0.3, -0.25) is 4.79 Å². The molecule has 0 aliphatic carbocycles. The lowest BCUT2D eigenvalue weighted by Gasteiger charge is -2.09. The first-order valence-electron chi connectivity index (χ1n) is 5.44. The smallest absolute Gasteiger partial charge is 0.255 e. The number of hydrogen-bond donors (Lipinski definition) is 2. The number of ether oxygens (including phenoxy) is 1. The number of carbonyl (C=O) groups excluding carboxylic acids is 1. The van der Waals surface area contributed by atoms with E-state index in [2.05, 4.69) is 17.9 Å². The summed E-state index contributed by atoms with van der Waals surface area (Å²) in [4.78, 5) is 12.8. The summed E-state index contributed by atoms with van der Waals surface area (Å²) in [6.07, 6.45) is 0. The maximum atomic E-state index is 12.0. The molecule has 0 fully saturated rings. The molecule has 0 spiro atoms. The standard InChI is InChI=1S/C14H13NO2S/c1-17-13-8-3-2-7-12(13)15-14(16)10-5-4-6-11(18)9-10/h2-9,18H,1H3,(H,15,16). The molecule has 3 nitrogen and oxygen atoms in total. The van der Waals surface area contributed by atoms with Crippen molar-refractivity contribution in [2.75, 3.05) is 12.4 Å². The minimum atomic E-state index is -0.185. The van der Waals surface area contributed by atoms with Gasteiger partial charge in [0.15, 0.2) is 0 Å². The quantitative estimate of drug-likeness (QED) is 0.830. The fourth-order valence-electron chi connectivity index (χ4n) is 1.59. The summed E-state index contributed by atoms with van der Waals surface area (Å²) in [6.45, 7) is 0. The average Bonchev–Trinajstić information content (AvgIpc) is 2.39. The third kappa shape index (κ3) is 2.84. The summed E-state index contributed by atoms with van der Waals surface area (Å²) in [7, 11) is 1.57. The van der Waals surface area contributed by atoms with E-state index in [1.165, 1.54) is 0 Å². The summed E-state index contributed by atoms with van der Waals surface area (Å²) in [6, 6.07) is 14.3. The topological polar surface area (TPSA) is 38.3 Å². The number of rotatable bonds is 3. The van der Waals surface area contributed by atoms with E-state index in [1.807, 2.05) is 18.2 Å². The van der Waals surface area contributed by atoms with Gasteiger partial charge in [-0.25, -0.2) is 0 Å². The largest absolute Gasteiger partial charge is 0.495 e. The molecule has 0 heterocycles. The monoisotopic (exact) mass is 259 g/mol. The van der Waals surface area contributed by atoms with Crippen LogP contribution in [-0.2, 0) is 0 Å². The number of nitrogens with one attached hydrogen (secondary N) is 1. The first-order valence-corrected chi connectivity index (χ1v) is 5.89. The van der Waals surface area contributed by atoms with E-state index in [1.54, 1.807) is 37.4 Å². The van der Waals surface area contributed by atoms with E-state index in [-0.39, 0.29) is 5.91 Å². The SMILES string of the molecule is COc1ccccc1NC(=O)c1cccc(S)c1. The lowest BCUT2D eigenvalue weighted by molar-refractivity contribution is 0.102. The predicted octanol–water partition coefficient (Wildman–Crippen LogP) is 3.24. The Hall–Kier alpha value is -1.94. The number of anilines is 1. The van der Waals surface area contributed by atoms with Crippen LogP contribution in [0.1, 0.15) is 10.4 Å². The molecule has 0 saturated heterocycles. The molecule has 4 heteroatoms. The molecule has 2 aromatic carbocycles. The minimum absolute atomic E-state index is 0.185. The van der Waals surface area contributed by atoms with Gasteiger partial charge in [0.05, 0.1) is 12.8 Å². The Labute approximate surface area is 111 Å². The predicted molar refractivity (Wildman–Crippen MR) is 74.6 cm³/mol. The van der Waals surface area contributed by atoms with E-state index >= 15 is 0 Å². The van der Waals surface area contributed by atoms with Crippen molar-refractivity contribution in [3.05, 3.63) is 54.1 Å². The summed E-state index contributed by atoms with van der Waals surface area (Å²) >= 11 is 4.21. The van der Waals surface area contributed by atoms with Crippen LogP contribution in [0, 0.1) is 0 Å². The van der Waals surface area contributed by atoms with Crippen molar-refractivity contribution in [3.63, 3.8) is 0 Å². The van der Waals surface area contributed by atoms with Gasteiger partial charge in [0, 0.05) is 10.5 Å². The van der Waals surface area contributed by atoms with Gasteiger partial charge in [0.2, 0.25) is 0 Å². The van der Waals surface area contributed by atoms with Crippen LogP contribution < -0.4 is 10.1 Å². The Morgan fingerprint density at radius 3 is 2.67 bits per heavy atom. The Morgan fingerprint density at radius 1 is 1.17 bits per heavy atom. The molecule has 0 radical (unpaired) electrons. The number of para-hydroxylation sites is 2. The summed E-state index contributed by atoms with van der Waals surface area (Å²) < 4.78 is 5.18. The van der Waals surface area contributed by atoms with Crippen LogP contribution in [0.5, 0.6) is 5.75 Å². The van der Waals surface area contributed by atoms with Gasteiger partial charge >= 0.3 is 0 Å². The molecule has 2 rings (SSSR count). The molecular formula is C14H13NO2S. The fraction of sp³-hybridized carbons (Fsp3) is 0.0714. The van der Waals surface area contributed by atoms with Gasteiger partial charge in [0.1, 0.15) is 5.75 Å². The second-order valence-electron chi connectivity index (χ2n) is 3.70. The molecule has 0 unspecified atom stereocenters. The van der Waals surface area contributed by atoms with Crippen molar-refractivity contribution < 1.29 is 9.53 Å². The molecule has 1 N–H and O–H groups in total. The van der Waals surface area contributed by atoms with Crippen molar-refractivity contribution in [2.24, 2.45) is 0 Å². The van der Waals surface area contributed by atoms with Crippen LogP contribution in [0.3, 0.4) is 0 Å². The Kier molecular flexibility index (Phi) is 3.89. The van der Waals surface area contributed by atoms with Crippen LogP contribution in [0.4, 0.5) is 5.69 Å². The molecule has 0 saturated carbocycles. The van der Waals surface area contributed by atoms with Gasteiger partial charge in [-0.1, -0.05) is 18.2 Å². The first-order chi connectivity index (χ1) is 8.70. The molecule has 0 aliphatic heterocycles. The van der Waals surface area contributed by atoms with Crippen molar-refractivity contribution >= 4 is 24.2 Å². The lowest BCUT2D eigenvalue weighted by Crippen LogP contribution is -2.12. The zero-order valence-corrected chi connectivity index (χ0v) is 10.8. The van der Waals surface area contributed by atoms with Crippen LogP contribution in [0.2, 0.25) is 0 Å². The highest BCUT2D eigenvalue weighted by molar-refractivity contribution is 7.80. The minimum Gasteiger partial charge on any atom is -0.495 e. The van der Waals surface area contributed by atoms with Gasteiger partial charge < -0.3 is 10.1 Å². The fourth-order valence-corrected chi connectivity index (χ4v) is 1.81. The van der Waals surface area contributed by atoms with Gasteiger partial charge in [-0.15, -0.1) is 12.6 Å². The molecule has 18 heavy (non-hydrogen) atoms. The highest BCUT2D eigenvalue weighted by atomic mass is 32.1. The Bertz CT molecular complexity index is 569. The van der Waals surface area contributed by atoms with Crippen molar-refractivity contribution in [1.82, 2.24) is 0 Å². The van der Waals surface area contributed by atoms with Crippen molar-refractivity contribution in [2.45, 2.75) is 4.90 Å². The molecule has 1 amide bonds. The van der Waals surface area contributed by atoms with Gasteiger partial charge in [-0.2, -0.15) is 0 Å². The van der Waals surface area contributed by atoms with E-state index in [0.29, 0.717) is 17.0 Å². The molecular weight excluding hydrogens is 246 g/mol. The molecule has 0 bridgehead atoms. The highest BCUT2D eigenvalue weighted by Gasteiger charge is 2.08. The van der Waals surface area contributed by atoms with Crippen LogP contribution in [0.25, 0.3) is 0 Å². The van der Waals surface area contributed by atoms with Crippen LogP contribution >= 0.6 is 12.6 Å². The highest BCUT2D eigenvalue weighted by Crippen LogP contribution is 2.23. The van der Waals surface area contributed by atoms with E-state index in [9.17, 15) is 4.79 Å². The number of methoxy groups -OCH3 is 1. The second-order valence-corrected chi connectivity index (χ2v) is 4.22. The van der Waals surface area contributed by atoms with E-state index in [0.717, 1.165) is 4.90 Å². The third-order valence-electron chi connectivity index (χ3n) is 2.46. The van der Waals surface area contributed by atoms with Crippen molar-refractivity contribution in [1.29, 1.82) is 0 Å². The molecule has 0 aliphatic rings. The number of benzene rings is 2. The summed E-state index contributed by atoms with van der Waals surface area (Å²) in [5.41, 5.74) is 1.21. The molecule has 92 valence electrons. The van der Waals surface area contributed by atoms with E-state index < -0.39 is 0 Å². The zero-order valence-electron chi connectivity index (χ0n) is 9.88. The van der Waals surface area contributed by atoms with Gasteiger partial charge in [-0.05, 0) is 30.3 Å². The maximum Gasteiger partial charge on any atom is 0.255 e. The first kappa shape index (κ1) is 12.5. The summed E-state index contributed by atoms with van der Waals surface area (Å²) in [5, 5.41) is 2.81. The second kappa shape index (κ2) is 5.60. The van der Waals surface area contributed by atoms with Crippen LogP contribution in [0.15, 0.2) is 53.4 Å². The molecule has 2 aromatic rings. The maximum absolute atomic E-state index is 12.0. The average molecular weight is 259 g/mol. The van der Waals surface area contributed by atoms with E-state index in [4.69, 9.17) is 4.74 Å². The molecule has 0 aromatic heterocycles. The lowest BCUT2D eigenvalue weighted by atomic mass is 10.2. The van der Waals surface area contributed by atoms with Crippen LogP contribution in [-0.4, -0.2) is 13.0 Å². The van der Waals surface area contributed by atoms with Crippen molar-refractivity contribution in [3.8, 4) is 5.75 Å². The third-order valence-corrected chi connectivity index (χ3v) is 2.74. The number of amides is 1. The summed E-state index contributed by atoms with van der Waals surface area (Å²) in [5.74, 6) is 0.447. The normalized spacial score (nSPS) is 9.89. The molecule has 0 atom stereocenters. The number of thiol groups is 1. The number of carbonyl (C=O) groups is 1. The zero-order chi connectivity index (χ0) is 13.0. The Morgan fingerprint density at radius 2 is 1.94 bits per heavy atom. The number of hydrogen-bond acceptors (Lipinski definition) is 3.